The van der Waals surface area contributed by atoms with Gasteiger partial charge in [0.2, 0.25) is 0 Å². The molecule has 1 amide bonds. The molecule has 3 nitrogen and oxygen atoms in total. The summed E-state index contributed by atoms with van der Waals surface area (Å²) in [7, 11) is 1.80. The van der Waals surface area contributed by atoms with E-state index in [1.165, 1.54) is 5.56 Å². The van der Waals surface area contributed by atoms with Crippen LogP contribution in [0.3, 0.4) is 0 Å². The number of benzene rings is 2. The second kappa shape index (κ2) is 6.09. The van der Waals surface area contributed by atoms with Crippen molar-refractivity contribution in [3.05, 3.63) is 63.6 Å². The highest BCUT2D eigenvalue weighted by Gasteiger charge is 2.13. The molecule has 0 saturated carbocycles. The molecule has 0 spiro atoms. The largest absolute Gasteiger partial charge is 0.398 e. The molecule has 2 rings (SSSR count). The Labute approximate surface area is 127 Å². The van der Waals surface area contributed by atoms with Crippen LogP contribution in [0.25, 0.3) is 0 Å². The first-order chi connectivity index (χ1) is 9.49. The fourth-order valence-electron chi connectivity index (χ4n) is 2.00. The molecule has 2 aromatic carbocycles. The topological polar surface area (TPSA) is 46.3 Å². The Kier molecular flexibility index (Phi) is 4.45. The Morgan fingerprint density at radius 3 is 2.60 bits per heavy atom. The molecular weight excluding hydrogens is 316 g/mol. The van der Waals surface area contributed by atoms with Crippen molar-refractivity contribution in [1.29, 1.82) is 0 Å². The molecule has 0 bridgehead atoms. The number of nitrogen functional groups attached to an aromatic ring is 1. The minimum atomic E-state index is -0.0195. The first kappa shape index (κ1) is 14.6. The third kappa shape index (κ3) is 3.20. The zero-order valence-corrected chi connectivity index (χ0v) is 13.1. The van der Waals surface area contributed by atoms with E-state index in [1.807, 2.05) is 31.2 Å². The molecule has 2 N–H and O–H groups in total. The third-order valence-corrected chi connectivity index (χ3v) is 3.95. The second-order valence-corrected chi connectivity index (χ2v) is 5.68. The average molecular weight is 333 g/mol. The third-order valence-electron chi connectivity index (χ3n) is 3.26. The van der Waals surface area contributed by atoms with Crippen molar-refractivity contribution < 1.29 is 4.79 Å². The van der Waals surface area contributed by atoms with Gasteiger partial charge in [0.1, 0.15) is 0 Å². The number of hydrogen-bond acceptors (Lipinski definition) is 2. The summed E-state index contributed by atoms with van der Waals surface area (Å²) in [6, 6.07) is 13.3. The van der Waals surface area contributed by atoms with E-state index in [0.717, 1.165) is 10.0 Å². The molecule has 0 heterocycles. The summed E-state index contributed by atoms with van der Waals surface area (Å²) in [4.78, 5) is 14.1. The molecule has 20 heavy (non-hydrogen) atoms. The van der Waals surface area contributed by atoms with Crippen LogP contribution in [0.15, 0.2) is 46.9 Å². The van der Waals surface area contributed by atoms with Gasteiger partial charge in [-0.15, -0.1) is 0 Å². The molecule has 0 fully saturated rings. The first-order valence-electron chi connectivity index (χ1n) is 6.34. The molecule has 0 saturated heterocycles. The standard InChI is InChI=1S/C16H17BrN2O/c1-11-5-3-4-6-13(11)10-19(2)16(20)12-7-8-15(18)14(17)9-12/h3-9H,10,18H2,1-2H3. The maximum absolute atomic E-state index is 12.4. The summed E-state index contributed by atoms with van der Waals surface area (Å²) in [5.41, 5.74) is 9.33. The van der Waals surface area contributed by atoms with Gasteiger partial charge in [-0.05, 0) is 52.2 Å². The van der Waals surface area contributed by atoms with Gasteiger partial charge in [-0.25, -0.2) is 0 Å². The summed E-state index contributed by atoms with van der Waals surface area (Å²) >= 11 is 3.35. The van der Waals surface area contributed by atoms with Gasteiger partial charge in [-0.1, -0.05) is 24.3 Å². The lowest BCUT2D eigenvalue weighted by Gasteiger charge is -2.19. The number of carbonyl (C=O) groups is 1. The van der Waals surface area contributed by atoms with E-state index in [9.17, 15) is 4.79 Å². The van der Waals surface area contributed by atoms with E-state index < -0.39 is 0 Å². The highest BCUT2D eigenvalue weighted by Crippen LogP contribution is 2.21. The highest BCUT2D eigenvalue weighted by atomic mass is 79.9. The summed E-state index contributed by atoms with van der Waals surface area (Å²) in [6.45, 7) is 2.64. The number of hydrogen-bond donors (Lipinski definition) is 1. The fourth-order valence-corrected chi connectivity index (χ4v) is 2.37. The van der Waals surface area contributed by atoms with Gasteiger partial charge in [-0.2, -0.15) is 0 Å². The monoisotopic (exact) mass is 332 g/mol. The van der Waals surface area contributed by atoms with Crippen molar-refractivity contribution >= 4 is 27.5 Å². The summed E-state index contributed by atoms with van der Waals surface area (Å²) in [5.74, 6) is -0.0195. The lowest BCUT2D eigenvalue weighted by Crippen LogP contribution is -2.26. The molecule has 2 aromatic rings. The molecule has 0 aliphatic rings. The van der Waals surface area contributed by atoms with Crippen LogP contribution in [0.2, 0.25) is 0 Å². The Morgan fingerprint density at radius 2 is 1.95 bits per heavy atom. The van der Waals surface area contributed by atoms with E-state index in [4.69, 9.17) is 5.73 Å². The van der Waals surface area contributed by atoms with E-state index in [0.29, 0.717) is 17.8 Å². The van der Waals surface area contributed by atoms with Gasteiger partial charge >= 0.3 is 0 Å². The molecule has 0 aliphatic heterocycles. The first-order valence-corrected chi connectivity index (χ1v) is 7.13. The van der Waals surface area contributed by atoms with Crippen molar-refractivity contribution in [2.24, 2.45) is 0 Å². The SMILES string of the molecule is Cc1ccccc1CN(C)C(=O)c1ccc(N)c(Br)c1. The van der Waals surface area contributed by atoms with Crippen LogP contribution in [0, 0.1) is 6.92 Å². The average Bonchev–Trinajstić information content (AvgIpc) is 2.43. The van der Waals surface area contributed by atoms with E-state index in [-0.39, 0.29) is 5.91 Å². The van der Waals surface area contributed by atoms with E-state index >= 15 is 0 Å². The number of aryl methyl sites for hydroxylation is 1. The quantitative estimate of drug-likeness (QED) is 0.872. The van der Waals surface area contributed by atoms with Gasteiger partial charge in [0.15, 0.2) is 0 Å². The van der Waals surface area contributed by atoms with Crippen molar-refractivity contribution in [2.45, 2.75) is 13.5 Å². The predicted octanol–water partition coefficient (Wildman–Crippen LogP) is 3.61. The van der Waals surface area contributed by atoms with Crippen LogP contribution in [0.4, 0.5) is 5.69 Å². The molecule has 0 atom stereocenters. The van der Waals surface area contributed by atoms with Crippen molar-refractivity contribution in [2.75, 3.05) is 12.8 Å². The zero-order chi connectivity index (χ0) is 14.7. The number of amides is 1. The molecule has 0 aromatic heterocycles. The Morgan fingerprint density at radius 1 is 1.25 bits per heavy atom. The van der Waals surface area contributed by atoms with Crippen LogP contribution in [0.5, 0.6) is 0 Å². The number of anilines is 1. The summed E-state index contributed by atoms with van der Waals surface area (Å²) < 4.78 is 0.743. The molecular formula is C16H17BrN2O. The van der Waals surface area contributed by atoms with Crippen molar-refractivity contribution in [3.63, 3.8) is 0 Å². The minimum absolute atomic E-state index is 0.0195. The normalized spacial score (nSPS) is 10.3. The predicted molar refractivity (Wildman–Crippen MR) is 85.5 cm³/mol. The minimum Gasteiger partial charge on any atom is -0.398 e. The summed E-state index contributed by atoms with van der Waals surface area (Å²) in [6.07, 6.45) is 0. The van der Waals surface area contributed by atoms with Gasteiger partial charge in [0.05, 0.1) is 0 Å². The highest BCUT2D eigenvalue weighted by molar-refractivity contribution is 9.10. The van der Waals surface area contributed by atoms with Crippen molar-refractivity contribution in [3.8, 4) is 0 Å². The zero-order valence-electron chi connectivity index (χ0n) is 11.6. The van der Waals surface area contributed by atoms with Crippen LogP contribution in [-0.4, -0.2) is 17.9 Å². The van der Waals surface area contributed by atoms with Crippen LogP contribution < -0.4 is 5.73 Å². The number of carbonyl (C=O) groups excluding carboxylic acids is 1. The fraction of sp³-hybridized carbons (Fsp3) is 0.188. The van der Waals surface area contributed by atoms with Crippen LogP contribution >= 0.6 is 15.9 Å². The molecule has 104 valence electrons. The maximum Gasteiger partial charge on any atom is 0.253 e. The molecule has 0 unspecified atom stereocenters. The molecule has 4 heteroatoms. The summed E-state index contributed by atoms with van der Waals surface area (Å²) in [5, 5.41) is 0. The van der Waals surface area contributed by atoms with E-state index in [1.54, 1.807) is 30.1 Å². The second-order valence-electron chi connectivity index (χ2n) is 4.82. The molecule has 0 aliphatic carbocycles. The van der Waals surface area contributed by atoms with Gasteiger partial charge < -0.3 is 10.6 Å². The van der Waals surface area contributed by atoms with Gasteiger partial charge in [-0.3, -0.25) is 4.79 Å². The lowest BCUT2D eigenvalue weighted by molar-refractivity contribution is 0.0785. The van der Waals surface area contributed by atoms with Gasteiger partial charge in [0, 0.05) is 29.3 Å². The number of halogens is 1. The molecule has 0 radical (unpaired) electrons. The smallest absolute Gasteiger partial charge is 0.253 e. The Bertz CT molecular complexity index is 640. The maximum atomic E-state index is 12.4. The number of rotatable bonds is 3. The number of nitrogens with two attached hydrogens (primary N) is 1. The Balaban J connectivity index is 2.16. The number of nitrogens with zero attached hydrogens (tertiary/aromatic N) is 1. The van der Waals surface area contributed by atoms with E-state index in [2.05, 4.69) is 15.9 Å². The van der Waals surface area contributed by atoms with Gasteiger partial charge in [0.25, 0.3) is 5.91 Å². The van der Waals surface area contributed by atoms with Crippen LogP contribution in [0.1, 0.15) is 21.5 Å². The van der Waals surface area contributed by atoms with Crippen molar-refractivity contribution in [1.82, 2.24) is 4.90 Å². The van der Waals surface area contributed by atoms with Crippen LogP contribution in [-0.2, 0) is 6.54 Å². The lowest BCUT2D eigenvalue weighted by atomic mass is 10.1. The Hall–Kier alpha value is -1.81.